The van der Waals surface area contributed by atoms with Gasteiger partial charge in [-0.25, -0.2) is 4.98 Å². The number of nitrogens with zero attached hydrogens (tertiary/aromatic N) is 2. The Hall–Kier alpha value is -3.68. The number of benzene rings is 2. The largest absolute Gasteiger partial charge is 0.417 e. The number of amides is 1. The Bertz CT molecular complexity index is 1150. The number of nitrogens with one attached hydrogen (secondary N) is 2. The Morgan fingerprint density at radius 2 is 1.71 bits per heavy atom. The summed E-state index contributed by atoms with van der Waals surface area (Å²) < 4.78 is 40.0. The van der Waals surface area contributed by atoms with Crippen molar-refractivity contribution in [1.82, 2.24) is 15.0 Å². The molecule has 0 atom stereocenters. The highest BCUT2D eigenvalue weighted by Gasteiger charge is 2.34. The van der Waals surface area contributed by atoms with E-state index in [9.17, 15) is 18.0 Å². The first kappa shape index (κ1) is 17.7. The van der Waals surface area contributed by atoms with E-state index in [1.807, 2.05) is 0 Å². The highest BCUT2D eigenvalue weighted by atomic mass is 19.4. The van der Waals surface area contributed by atoms with Crippen molar-refractivity contribution in [2.24, 2.45) is 0 Å². The predicted molar refractivity (Wildman–Crippen MR) is 98.7 cm³/mol. The number of anilines is 1. The Morgan fingerprint density at radius 3 is 2.46 bits per heavy atom. The highest BCUT2D eigenvalue weighted by Crippen LogP contribution is 2.36. The van der Waals surface area contributed by atoms with Crippen molar-refractivity contribution in [3.8, 4) is 11.4 Å². The molecule has 140 valence electrons. The molecule has 0 bridgehead atoms. The number of carbonyl (C=O) groups excluding carboxylic acids is 1. The number of aromatic amines is 1. The molecule has 0 aliphatic heterocycles. The standard InChI is InChI=1S/C20H13F3N4O/c21-20(22,23)15-6-2-1-4-13(15)18-26-16-7-3-5-14(17(16)27-18)19(28)25-12-8-10-24-11-9-12/h1-11H,(H,26,27)(H,24,25,28). The van der Waals surface area contributed by atoms with Gasteiger partial charge in [0, 0.05) is 23.6 Å². The number of rotatable bonds is 3. The molecule has 4 aromatic rings. The van der Waals surface area contributed by atoms with Crippen LogP contribution in [0.25, 0.3) is 22.4 Å². The lowest BCUT2D eigenvalue weighted by atomic mass is 10.1. The summed E-state index contributed by atoms with van der Waals surface area (Å²) in [5.74, 6) is -0.369. The molecule has 8 heteroatoms. The van der Waals surface area contributed by atoms with Gasteiger partial charge in [-0.15, -0.1) is 0 Å². The molecule has 2 heterocycles. The van der Waals surface area contributed by atoms with Crippen molar-refractivity contribution in [3.05, 3.63) is 78.1 Å². The van der Waals surface area contributed by atoms with E-state index in [4.69, 9.17) is 0 Å². The van der Waals surface area contributed by atoms with Gasteiger partial charge in [-0.3, -0.25) is 9.78 Å². The van der Waals surface area contributed by atoms with Gasteiger partial charge < -0.3 is 10.3 Å². The summed E-state index contributed by atoms with van der Waals surface area (Å²) in [4.78, 5) is 23.7. The van der Waals surface area contributed by atoms with Gasteiger partial charge in [-0.05, 0) is 30.3 Å². The molecule has 0 spiro atoms. The second kappa shape index (κ2) is 6.80. The topological polar surface area (TPSA) is 70.7 Å². The van der Waals surface area contributed by atoms with Crippen LogP contribution in [0.1, 0.15) is 15.9 Å². The van der Waals surface area contributed by atoms with Crippen molar-refractivity contribution in [3.63, 3.8) is 0 Å². The fourth-order valence-corrected chi connectivity index (χ4v) is 2.91. The lowest BCUT2D eigenvalue weighted by Crippen LogP contribution is -2.12. The minimum absolute atomic E-state index is 0.0482. The highest BCUT2D eigenvalue weighted by molar-refractivity contribution is 6.11. The number of alkyl halides is 3. The predicted octanol–water partition coefficient (Wildman–Crippen LogP) is 4.90. The number of pyridine rings is 1. The van der Waals surface area contributed by atoms with Gasteiger partial charge in [0.25, 0.3) is 5.91 Å². The minimum atomic E-state index is -4.52. The molecular formula is C20H13F3N4O. The molecule has 0 aliphatic rings. The molecule has 1 amide bonds. The minimum Gasteiger partial charge on any atom is -0.338 e. The first-order valence-corrected chi connectivity index (χ1v) is 8.30. The Kier molecular flexibility index (Phi) is 4.31. The van der Waals surface area contributed by atoms with Gasteiger partial charge in [0.1, 0.15) is 11.3 Å². The van der Waals surface area contributed by atoms with E-state index < -0.39 is 17.6 Å². The number of halogens is 3. The number of carbonyl (C=O) groups is 1. The third-order valence-corrected chi connectivity index (χ3v) is 4.18. The van der Waals surface area contributed by atoms with Crippen molar-refractivity contribution in [2.75, 3.05) is 5.32 Å². The summed E-state index contributed by atoms with van der Waals surface area (Å²) in [6.07, 6.45) is -1.44. The molecule has 2 N–H and O–H groups in total. The number of imidazole rings is 1. The molecule has 0 aliphatic carbocycles. The monoisotopic (exact) mass is 382 g/mol. The van der Waals surface area contributed by atoms with Crippen LogP contribution in [-0.2, 0) is 6.18 Å². The zero-order valence-electron chi connectivity index (χ0n) is 14.3. The van der Waals surface area contributed by atoms with E-state index >= 15 is 0 Å². The van der Waals surface area contributed by atoms with Crippen LogP contribution >= 0.6 is 0 Å². The van der Waals surface area contributed by atoms with Crippen LogP contribution in [0.5, 0.6) is 0 Å². The van der Waals surface area contributed by atoms with Crippen molar-refractivity contribution in [1.29, 1.82) is 0 Å². The van der Waals surface area contributed by atoms with Gasteiger partial charge in [0.15, 0.2) is 0 Å². The molecule has 0 saturated heterocycles. The Labute approximate surface area is 157 Å². The first-order chi connectivity index (χ1) is 13.4. The number of hydrogen-bond donors (Lipinski definition) is 2. The van der Waals surface area contributed by atoms with Crippen molar-refractivity contribution < 1.29 is 18.0 Å². The van der Waals surface area contributed by atoms with Crippen LogP contribution < -0.4 is 5.32 Å². The molecule has 0 saturated carbocycles. The fraction of sp³-hybridized carbons (Fsp3) is 0.0500. The van der Waals surface area contributed by atoms with E-state index in [0.717, 1.165) is 6.07 Å². The third kappa shape index (κ3) is 3.32. The molecule has 5 nitrogen and oxygen atoms in total. The lowest BCUT2D eigenvalue weighted by molar-refractivity contribution is -0.137. The summed E-state index contributed by atoms with van der Waals surface area (Å²) in [5, 5.41) is 2.72. The lowest BCUT2D eigenvalue weighted by Gasteiger charge is -2.10. The number of fused-ring (bicyclic) bond motifs is 1. The quantitative estimate of drug-likeness (QED) is 0.530. The molecule has 4 rings (SSSR count). The van der Waals surface area contributed by atoms with Crippen molar-refractivity contribution in [2.45, 2.75) is 6.18 Å². The molecule has 0 radical (unpaired) electrons. The maximum Gasteiger partial charge on any atom is 0.417 e. The normalized spacial score (nSPS) is 11.5. The number of hydrogen-bond acceptors (Lipinski definition) is 3. The third-order valence-electron chi connectivity index (χ3n) is 4.18. The zero-order valence-corrected chi connectivity index (χ0v) is 14.3. The molecular weight excluding hydrogens is 369 g/mol. The average molecular weight is 382 g/mol. The van der Waals surface area contributed by atoms with Crippen LogP contribution in [0.2, 0.25) is 0 Å². The van der Waals surface area contributed by atoms with Gasteiger partial charge in [0.2, 0.25) is 0 Å². The SMILES string of the molecule is O=C(Nc1ccncc1)c1cccc2[nH]c(-c3ccccc3C(F)(F)F)nc12. The van der Waals surface area contributed by atoms with E-state index in [0.29, 0.717) is 16.7 Å². The Morgan fingerprint density at radius 1 is 0.964 bits per heavy atom. The molecule has 28 heavy (non-hydrogen) atoms. The van der Waals surface area contributed by atoms with E-state index in [-0.39, 0.29) is 17.0 Å². The van der Waals surface area contributed by atoms with Gasteiger partial charge in [0.05, 0.1) is 16.6 Å². The smallest absolute Gasteiger partial charge is 0.338 e. The molecule has 2 aromatic heterocycles. The van der Waals surface area contributed by atoms with Crippen LogP contribution in [-0.4, -0.2) is 20.9 Å². The molecule has 0 unspecified atom stereocenters. The van der Waals surface area contributed by atoms with E-state index in [1.165, 1.54) is 30.6 Å². The Balaban J connectivity index is 1.78. The van der Waals surface area contributed by atoms with Gasteiger partial charge >= 0.3 is 6.18 Å². The maximum atomic E-state index is 13.3. The zero-order chi connectivity index (χ0) is 19.7. The summed E-state index contributed by atoms with van der Waals surface area (Å²) in [7, 11) is 0. The molecule has 0 fully saturated rings. The van der Waals surface area contributed by atoms with Crippen LogP contribution in [0.15, 0.2) is 67.0 Å². The summed E-state index contributed by atoms with van der Waals surface area (Å²) in [6.45, 7) is 0. The number of H-pyrrole nitrogens is 1. The van der Waals surface area contributed by atoms with Crippen LogP contribution in [0, 0.1) is 0 Å². The number of para-hydroxylation sites is 1. The van der Waals surface area contributed by atoms with E-state index in [2.05, 4.69) is 20.3 Å². The summed E-state index contributed by atoms with van der Waals surface area (Å²) >= 11 is 0. The van der Waals surface area contributed by atoms with Gasteiger partial charge in [-0.1, -0.05) is 24.3 Å². The molecule has 2 aromatic carbocycles. The summed E-state index contributed by atoms with van der Waals surface area (Å²) in [6, 6.07) is 13.3. The second-order valence-corrected chi connectivity index (χ2v) is 6.02. The van der Waals surface area contributed by atoms with E-state index in [1.54, 1.807) is 30.3 Å². The summed E-state index contributed by atoms with van der Waals surface area (Å²) in [5.41, 5.74) is 0.690. The van der Waals surface area contributed by atoms with Gasteiger partial charge in [-0.2, -0.15) is 13.2 Å². The van der Waals surface area contributed by atoms with Crippen molar-refractivity contribution >= 4 is 22.6 Å². The van der Waals surface area contributed by atoms with Crippen LogP contribution in [0.4, 0.5) is 18.9 Å². The maximum absolute atomic E-state index is 13.3. The fourth-order valence-electron chi connectivity index (χ4n) is 2.91. The average Bonchev–Trinajstić information content (AvgIpc) is 3.12. The first-order valence-electron chi connectivity index (χ1n) is 8.30. The van der Waals surface area contributed by atoms with Crippen LogP contribution in [0.3, 0.4) is 0 Å². The number of aromatic nitrogens is 3. The second-order valence-electron chi connectivity index (χ2n) is 6.02.